The van der Waals surface area contributed by atoms with Gasteiger partial charge in [0.2, 0.25) is 5.13 Å². The third-order valence-corrected chi connectivity index (χ3v) is 7.09. The molecule has 0 bridgehead atoms. The first kappa shape index (κ1) is 18.9. The minimum Gasteiger partial charge on any atom is -0.497 e. The Kier molecular flexibility index (Phi) is 4.22. The number of carbonyl (C=O) groups excluding carboxylic acids is 1. The second-order valence-electron chi connectivity index (χ2n) is 7.89. The standard InChI is InChI=1S/C24H18N4O3S/c1-31-15-8-6-13(7-9-15)14-10-16-17(19(29)11-14)12-25-22-21(16)23(30)28(27-22)24-26-18-4-2-3-5-20(18)32-24/h2-9,12,14H,10-11H2,1H3,(H,25,27)/t14-/m0/s1. The highest BCUT2D eigenvalue weighted by Crippen LogP contribution is 2.35. The molecule has 3 aromatic heterocycles. The molecule has 0 amide bonds. The lowest BCUT2D eigenvalue weighted by molar-refractivity contribution is 0.0964. The van der Waals surface area contributed by atoms with E-state index in [4.69, 9.17) is 4.74 Å². The fraction of sp³-hybridized carbons (Fsp3) is 0.167. The van der Waals surface area contributed by atoms with Gasteiger partial charge in [0, 0.05) is 18.2 Å². The number of fused-ring (bicyclic) bond motifs is 4. The summed E-state index contributed by atoms with van der Waals surface area (Å²) in [6.45, 7) is 0. The van der Waals surface area contributed by atoms with E-state index in [9.17, 15) is 9.59 Å². The number of methoxy groups -OCH3 is 1. The van der Waals surface area contributed by atoms with Crippen molar-refractivity contribution in [1.29, 1.82) is 0 Å². The van der Waals surface area contributed by atoms with Crippen LogP contribution in [-0.2, 0) is 6.42 Å². The topological polar surface area (TPSA) is 89.9 Å². The summed E-state index contributed by atoms with van der Waals surface area (Å²) in [7, 11) is 1.63. The van der Waals surface area contributed by atoms with Gasteiger partial charge in [-0.2, -0.15) is 4.68 Å². The van der Waals surface area contributed by atoms with Crippen LogP contribution in [0.15, 0.2) is 59.5 Å². The van der Waals surface area contributed by atoms with Crippen molar-refractivity contribution >= 4 is 38.4 Å². The van der Waals surface area contributed by atoms with E-state index < -0.39 is 0 Å². The number of hydrogen-bond donors (Lipinski definition) is 1. The molecule has 0 spiro atoms. The number of benzene rings is 2. The molecule has 0 saturated carbocycles. The number of Topliss-reactive ketones (excluding diaryl/α,β-unsaturated/α-hetero) is 1. The number of nitrogens with zero attached hydrogens (tertiary/aromatic N) is 3. The molecule has 2 aromatic carbocycles. The number of nitrogens with one attached hydrogen (secondary N) is 1. The summed E-state index contributed by atoms with van der Waals surface area (Å²) in [6, 6.07) is 15.5. The van der Waals surface area contributed by atoms with Crippen LogP contribution in [0, 0.1) is 0 Å². The van der Waals surface area contributed by atoms with Gasteiger partial charge in [-0.25, -0.2) is 9.97 Å². The molecule has 0 radical (unpaired) electrons. The number of ether oxygens (including phenoxy) is 1. The number of pyridine rings is 1. The van der Waals surface area contributed by atoms with Crippen molar-refractivity contribution in [2.45, 2.75) is 18.8 Å². The van der Waals surface area contributed by atoms with Gasteiger partial charge in [-0.3, -0.25) is 14.7 Å². The molecule has 5 aromatic rings. The van der Waals surface area contributed by atoms with E-state index in [0.29, 0.717) is 34.6 Å². The van der Waals surface area contributed by atoms with Crippen LogP contribution in [0.1, 0.15) is 33.8 Å². The number of carbonyl (C=O) groups is 1. The summed E-state index contributed by atoms with van der Waals surface area (Å²) >= 11 is 1.43. The zero-order valence-electron chi connectivity index (χ0n) is 17.2. The molecule has 3 heterocycles. The second-order valence-corrected chi connectivity index (χ2v) is 8.90. The number of aromatic nitrogens is 4. The third-order valence-electron chi connectivity index (χ3n) is 6.06. The van der Waals surface area contributed by atoms with Gasteiger partial charge in [0.1, 0.15) is 5.75 Å². The van der Waals surface area contributed by atoms with Crippen LogP contribution in [0.4, 0.5) is 0 Å². The van der Waals surface area contributed by atoms with Crippen molar-refractivity contribution in [3.63, 3.8) is 0 Å². The largest absolute Gasteiger partial charge is 0.497 e. The van der Waals surface area contributed by atoms with Crippen LogP contribution in [0.2, 0.25) is 0 Å². The molecule has 6 rings (SSSR count). The number of hydrogen-bond acceptors (Lipinski definition) is 6. The molecule has 32 heavy (non-hydrogen) atoms. The Labute approximate surface area is 186 Å². The Morgan fingerprint density at radius 2 is 1.91 bits per heavy atom. The lowest BCUT2D eigenvalue weighted by atomic mass is 9.79. The predicted octanol–water partition coefficient (Wildman–Crippen LogP) is 4.24. The maximum Gasteiger partial charge on any atom is 0.283 e. The Bertz CT molecular complexity index is 1530. The van der Waals surface area contributed by atoms with Gasteiger partial charge in [-0.15, -0.1) is 0 Å². The Morgan fingerprint density at radius 3 is 2.69 bits per heavy atom. The van der Waals surface area contributed by atoms with Crippen molar-refractivity contribution in [2.75, 3.05) is 7.11 Å². The highest BCUT2D eigenvalue weighted by atomic mass is 32.1. The molecule has 1 aliphatic carbocycles. The van der Waals surface area contributed by atoms with Crippen molar-refractivity contribution in [3.05, 3.63) is 81.8 Å². The van der Waals surface area contributed by atoms with Gasteiger partial charge in [0.15, 0.2) is 11.4 Å². The minimum atomic E-state index is -0.230. The molecular formula is C24H18N4O3S. The summed E-state index contributed by atoms with van der Waals surface area (Å²) in [5, 5.41) is 4.11. The number of H-pyrrole nitrogens is 1. The van der Waals surface area contributed by atoms with E-state index in [0.717, 1.165) is 27.1 Å². The van der Waals surface area contributed by atoms with Gasteiger partial charge >= 0.3 is 0 Å². The summed E-state index contributed by atoms with van der Waals surface area (Å²) < 4.78 is 7.68. The fourth-order valence-electron chi connectivity index (χ4n) is 4.44. The first-order valence-corrected chi connectivity index (χ1v) is 11.1. The van der Waals surface area contributed by atoms with Crippen molar-refractivity contribution in [2.24, 2.45) is 0 Å². The van der Waals surface area contributed by atoms with Gasteiger partial charge in [-0.05, 0) is 47.7 Å². The maximum absolute atomic E-state index is 13.4. The predicted molar refractivity (Wildman–Crippen MR) is 123 cm³/mol. The lowest BCUT2D eigenvalue weighted by Crippen LogP contribution is -2.22. The van der Waals surface area contributed by atoms with E-state index >= 15 is 0 Å². The van der Waals surface area contributed by atoms with Crippen molar-refractivity contribution in [3.8, 4) is 10.9 Å². The molecule has 0 aliphatic heterocycles. The normalized spacial score (nSPS) is 15.9. The molecule has 0 saturated heterocycles. The van der Waals surface area contributed by atoms with Gasteiger partial charge in [-0.1, -0.05) is 35.6 Å². The van der Waals surface area contributed by atoms with Crippen LogP contribution in [0.3, 0.4) is 0 Å². The number of para-hydroxylation sites is 1. The zero-order valence-corrected chi connectivity index (χ0v) is 18.0. The van der Waals surface area contributed by atoms with Crippen LogP contribution in [0.5, 0.6) is 5.75 Å². The highest BCUT2D eigenvalue weighted by molar-refractivity contribution is 7.20. The number of ketones is 1. The molecule has 0 unspecified atom stereocenters. The molecule has 0 fully saturated rings. The highest BCUT2D eigenvalue weighted by Gasteiger charge is 2.30. The fourth-order valence-corrected chi connectivity index (χ4v) is 5.36. The Hall–Kier alpha value is -3.78. The molecule has 1 atom stereocenters. The van der Waals surface area contributed by atoms with E-state index in [1.807, 2.05) is 48.5 Å². The van der Waals surface area contributed by atoms with E-state index in [-0.39, 0.29) is 17.3 Å². The van der Waals surface area contributed by atoms with Gasteiger partial charge in [0.25, 0.3) is 5.56 Å². The molecule has 1 aliphatic rings. The van der Waals surface area contributed by atoms with Gasteiger partial charge < -0.3 is 4.74 Å². The minimum absolute atomic E-state index is 0.00305. The van der Waals surface area contributed by atoms with E-state index in [1.54, 1.807) is 13.3 Å². The summed E-state index contributed by atoms with van der Waals surface area (Å²) in [4.78, 5) is 35.4. The average Bonchev–Trinajstić information content (AvgIpc) is 3.40. The van der Waals surface area contributed by atoms with Crippen molar-refractivity contribution in [1.82, 2.24) is 19.7 Å². The number of thiazole rings is 1. The lowest BCUT2D eigenvalue weighted by Gasteiger charge is -2.24. The molecule has 7 nitrogen and oxygen atoms in total. The third kappa shape index (κ3) is 2.87. The van der Waals surface area contributed by atoms with E-state index in [1.165, 1.54) is 16.0 Å². The quantitative estimate of drug-likeness (QED) is 0.451. The van der Waals surface area contributed by atoms with Crippen LogP contribution < -0.4 is 10.3 Å². The first-order chi connectivity index (χ1) is 15.6. The summed E-state index contributed by atoms with van der Waals surface area (Å²) in [5.74, 6) is 0.776. The van der Waals surface area contributed by atoms with Gasteiger partial charge in [0.05, 0.1) is 22.7 Å². The molecule has 1 N–H and O–H groups in total. The van der Waals surface area contributed by atoms with Crippen molar-refractivity contribution < 1.29 is 9.53 Å². The summed E-state index contributed by atoms with van der Waals surface area (Å²) in [5.41, 5.74) is 3.42. The number of aromatic amines is 1. The molecule has 158 valence electrons. The Morgan fingerprint density at radius 1 is 1.09 bits per heavy atom. The number of rotatable bonds is 3. The van der Waals surface area contributed by atoms with E-state index in [2.05, 4.69) is 15.1 Å². The monoisotopic (exact) mass is 442 g/mol. The van der Waals surface area contributed by atoms with Crippen LogP contribution in [0.25, 0.3) is 26.4 Å². The molecule has 8 heteroatoms. The molecular weight excluding hydrogens is 424 g/mol. The zero-order chi connectivity index (χ0) is 21.8. The first-order valence-electron chi connectivity index (χ1n) is 10.3. The van der Waals surface area contributed by atoms with Crippen LogP contribution >= 0.6 is 11.3 Å². The Balaban J connectivity index is 1.48. The average molecular weight is 443 g/mol. The SMILES string of the molecule is COc1ccc([C@@H]2CC(=O)c3cnc4[nH]n(-c5nc6ccccc6s5)c(=O)c4c3C2)cc1. The smallest absolute Gasteiger partial charge is 0.283 e. The second kappa shape index (κ2) is 7.13. The van der Waals surface area contributed by atoms with Crippen LogP contribution in [-0.4, -0.2) is 32.6 Å². The summed E-state index contributed by atoms with van der Waals surface area (Å²) in [6.07, 6.45) is 2.57. The maximum atomic E-state index is 13.4.